The molecule has 0 bridgehead atoms. The summed E-state index contributed by atoms with van der Waals surface area (Å²) in [7, 11) is -3.59. The molecule has 1 N–H and O–H groups in total. The monoisotopic (exact) mass is 555 g/mol. The number of unbranched alkanes of at least 4 members (excludes halogenated alkanes) is 1. The van der Waals surface area contributed by atoms with Gasteiger partial charge in [-0.1, -0.05) is 67.7 Å². The highest BCUT2D eigenvalue weighted by Gasteiger charge is 2.29. The fourth-order valence-corrected chi connectivity index (χ4v) is 5.21. The number of nitrogens with one attached hydrogen (secondary N) is 1. The first kappa shape index (κ1) is 29.9. The van der Waals surface area contributed by atoms with Crippen LogP contribution in [0.5, 0.6) is 0 Å². The van der Waals surface area contributed by atoms with Gasteiger partial charge in [0.25, 0.3) is 0 Å². The largest absolute Gasteiger partial charge is 0.354 e. The van der Waals surface area contributed by atoms with E-state index in [9.17, 15) is 18.0 Å². The number of amides is 2. The van der Waals surface area contributed by atoms with Crippen LogP contribution in [-0.4, -0.2) is 50.5 Å². The Hall–Kier alpha value is -2.29. The van der Waals surface area contributed by atoms with Crippen LogP contribution in [0, 0.1) is 0 Å². The number of hydrogen-bond acceptors (Lipinski definition) is 4. The number of carbonyl (C=O) groups is 2. The van der Waals surface area contributed by atoms with Crippen molar-refractivity contribution in [2.75, 3.05) is 23.7 Å². The number of halogens is 2. The average Bonchev–Trinajstić information content (AvgIpc) is 2.82. The minimum absolute atomic E-state index is 0.0653. The zero-order chi connectivity index (χ0) is 26.7. The third-order valence-electron chi connectivity index (χ3n) is 5.76. The topological polar surface area (TPSA) is 86.8 Å². The Labute approximate surface area is 224 Å². The normalized spacial score (nSPS) is 12.1. The highest BCUT2D eigenvalue weighted by atomic mass is 35.5. The summed E-state index contributed by atoms with van der Waals surface area (Å²) >= 11 is 12.4. The molecule has 0 heterocycles. The second-order valence-electron chi connectivity index (χ2n) is 8.60. The lowest BCUT2D eigenvalue weighted by molar-refractivity contribution is -0.141. The van der Waals surface area contributed by atoms with Crippen LogP contribution in [0.2, 0.25) is 10.0 Å². The highest BCUT2D eigenvalue weighted by molar-refractivity contribution is 7.92. The second kappa shape index (κ2) is 14.4. The van der Waals surface area contributed by atoms with E-state index in [0.717, 1.165) is 24.7 Å². The molecule has 0 radical (unpaired) electrons. The van der Waals surface area contributed by atoms with Gasteiger partial charge in [-0.15, -0.1) is 0 Å². The molecule has 1 atom stereocenters. The summed E-state index contributed by atoms with van der Waals surface area (Å²) in [6, 6.07) is 13.1. The van der Waals surface area contributed by atoms with Crippen LogP contribution < -0.4 is 9.62 Å². The van der Waals surface area contributed by atoms with E-state index in [1.807, 2.05) is 32.0 Å². The number of benzene rings is 2. The Morgan fingerprint density at radius 2 is 1.75 bits per heavy atom. The first-order valence-electron chi connectivity index (χ1n) is 12.1. The van der Waals surface area contributed by atoms with Crippen molar-refractivity contribution in [3.63, 3.8) is 0 Å². The fraction of sp³-hybridized carbons (Fsp3) is 0.462. The molecule has 0 fully saturated rings. The standard InChI is InChI=1S/C26H35Cl2N3O4S/c1-4-6-16-29-26(33)24(5-2)30(19-20-11-7-8-14-23(20)28)25(32)15-10-17-31(36(3,34)35)22-13-9-12-21(27)18-22/h7-9,11-14,18,24H,4-6,10,15-17,19H2,1-3H3,(H,29,33). The number of hydrogen-bond donors (Lipinski definition) is 1. The van der Waals surface area contributed by atoms with Crippen LogP contribution in [0.15, 0.2) is 48.5 Å². The van der Waals surface area contributed by atoms with Crippen molar-refractivity contribution >= 4 is 50.7 Å². The Balaban J connectivity index is 2.21. The molecule has 0 aliphatic heterocycles. The SMILES string of the molecule is CCCCNC(=O)C(CC)N(Cc1ccccc1Cl)C(=O)CCCN(c1cccc(Cl)c1)S(C)(=O)=O. The highest BCUT2D eigenvalue weighted by Crippen LogP contribution is 2.24. The van der Waals surface area contributed by atoms with Crippen molar-refractivity contribution in [1.29, 1.82) is 0 Å². The molecule has 36 heavy (non-hydrogen) atoms. The zero-order valence-corrected chi connectivity index (χ0v) is 23.4. The molecule has 10 heteroatoms. The van der Waals surface area contributed by atoms with Crippen molar-refractivity contribution < 1.29 is 18.0 Å². The van der Waals surface area contributed by atoms with Gasteiger partial charge in [-0.3, -0.25) is 13.9 Å². The summed E-state index contributed by atoms with van der Waals surface area (Å²) in [6.45, 7) is 4.73. The van der Waals surface area contributed by atoms with E-state index in [1.165, 1.54) is 4.31 Å². The number of sulfonamides is 1. The van der Waals surface area contributed by atoms with Gasteiger partial charge in [-0.2, -0.15) is 0 Å². The van der Waals surface area contributed by atoms with Crippen LogP contribution >= 0.6 is 23.2 Å². The van der Waals surface area contributed by atoms with E-state index in [1.54, 1.807) is 35.2 Å². The van der Waals surface area contributed by atoms with Gasteiger partial charge in [0.05, 0.1) is 11.9 Å². The lowest BCUT2D eigenvalue weighted by Crippen LogP contribution is -2.49. The maximum atomic E-state index is 13.4. The van der Waals surface area contributed by atoms with Gasteiger partial charge in [0, 0.05) is 36.1 Å². The molecule has 198 valence electrons. The summed E-state index contributed by atoms with van der Waals surface area (Å²) < 4.78 is 26.1. The van der Waals surface area contributed by atoms with E-state index in [2.05, 4.69) is 5.32 Å². The van der Waals surface area contributed by atoms with E-state index < -0.39 is 16.1 Å². The maximum Gasteiger partial charge on any atom is 0.242 e. The summed E-state index contributed by atoms with van der Waals surface area (Å²) in [5.74, 6) is -0.449. The van der Waals surface area contributed by atoms with Gasteiger partial charge in [0.15, 0.2) is 0 Å². The third-order valence-corrected chi connectivity index (χ3v) is 7.56. The minimum atomic E-state index is -3.59. The smallest absolute Gasteiger partial charge is 0.242 e. The van der Waals surface area contributed by atoms with Gasteiger partial charge in [-0.25, -0.2) is 8.42 Å². The number of rotatable bonds is 14. The molecule has 0 aliphatic carbocycles. The van der Waals surface area contributed by atoms with E-state index >= 15 is 0 Å². The molecular formula is C26H35Cl2N3O4S. The summed E-state index contributed by atoms with van der Waals surface area (Å²) in [5, 5.41) is 3.86. The average molecular weight is 557 g/mol. The summed E-state index contributed by atoms with van der Waals surface area (Å²) in [4.78, 5) is 27.9. The van der Waals surface area contributed by atoms with Crippen LogP contribution in [0.1, 0.15) is 51.5 Å². The van der Waals surface area contributed by atoms with Crippen molar-refractivity contribution in [3.05, 3.63) is 64.1 Å². The van der Waals surface area contributed by atoms with E-state index in [4.69, 9.17) is 23.2 Å². The predicted octanol–water partition coefficient (Wildman–Crippen LogP) is 5.26. The van der Waals surface area contributed by atoms with E-state index in [0.29, 0.717) is 28.7 Å². The van der Waals surface area contributed by atoms with E-state index in [-0.39, 0.29) is 37.7 Å². The Kier molecular flexibility index (Phi) is 12.0. The fourth-order valence-electron chi connectivity index (χ4n) is 3.87. The molecule has 2 aromatic rings. The quantitative estimate of drug-likeness (QED) is 0.322. The molecule has 2 rings (SSSR count). The first-order valence-corrected chi connectivity index (χ1v) is 14.7. The number of anilines is 1. The molecule has 0 saturated carbocycles. The van der Waals surface area contributed by atoms with Crippen LogP contribution in [0.25, 0.3) is 0 Å². The Bertz CT molecular complexity index is 1130. The zero-order valence-electron chi connectivity index (χ0n) is 21.0. The summed E-state index contributed by atoms with van der Waals surface area (Å²) in [6.07, 6.45) is 3.69. The molecule has 1 unspecified atom stereocenters. The van der Waals surface area contributed by atoms with Gasteiger partial charge in [0.2, 0.25) is 21.8 Å². The van der Waals surface area contributed by atoms with Gasteiger partial charge in [0.1, 0.15) is 6.04 Å². The van der Waals surface area contributed by atoms with Gasteiger partial charge >= 0.3 is 0 Å². The van der Waals surface area contributed by atoms with Crippen molar-refractivity contribution in [3.8, 4) is 0 Å². The van der Waals surface area contributed by atoms with Crippen molar-refractivity contribution in [2.24, 2.45) is 0 Å². The number of carbonyl (C=O) groups excluding carboxylic acids is 2. The van der Waals surface area contributed by atoms with Crippen molar-refractivity contribution in [2.45, 2.75) is 58.5 Å². The predicted molar refractivity (Wildman–Crippen MR) is 147 cm³/mol. The molecule has 2 aromatic carbocycles. The Morgan fingerprint density at radius 3 is 2.36 bits per heavy atom. The molecule has 7 nitrogen and oxygen atoms in total. The molecular weight excluding hydrogens is 521 g/mol. The summed E-state index contributed by atoms with van der Waals surface area (Å²) in [5.41, 5.74) is 1.18. The van der Waals surface area contributed by atoms with Crippen LogP contribution in [0.3, 0.4) is 0 Å². The Morgan fingerprint density at radius 1 is 1.03 bits per heavy atom. The minimum Gasteiger partial charge on any atom is -0.354 e. The molecule has 0 aliphatic rings. The molecule has 0 spiro atoms. The lowest BCUT2D eigenvalue weighted by Gasteiger charge is -2.31. The van der Waals surface area contributed by atoms with Crippen LogP contribution in [-0.2, 0) is 26.2 Å². The molecule has 0 saturated heterocycles. The molecule has 0 aromatic heterocycles. The maximum absolute atomic E-state index is 13.4. The third kappa shape index (κ3) is 8.98. The van der Waals surface area contributed by atoms with Gasteiger partial charge in [-0.05, 0) is 49.1 Å². The second-order valence-corrected chi connectivity index (χ2v) is 11.4. The van der Waals surface area contributed by atoms with Crippen LogP contribution in [0.4, 0.5) is 5.69 Å². The first-order chi connectivity index (χ1) is 17.1. The van der Waals surface area contributed by atoms with Gasteiger partial charge < -0.3 is 10.2 Å². The van der Waals surface area contributed by atoms with Crippen molar-refractivity contribution in [1.82, 2.24) is 10.2 Å². The number of nitrogens with zero attached hydrogens (tertiary/aromatic N) is 2. The lowest BCUT2D eigenvalue weighted by atomic mass is 10.1. The molecule has 2 amide bonds.